The van der Waals surface area contributed by atoms with E-state index in [1.54, 1.807) is 17.0 Å². The number of anilines is 1. The van der Waals surface area contributed by atoms with Gasteiger partial charge < -0.3 is 14.9 Å². The Balaban J connectivity index is 1.59. The predicted molar refractivity (Wildman–Crippen MR) is 98.3 cm³/mol. The summed E-state index contributed by atoms with van der Waals surface area (Å²) in [4.78, 5) is 39.0. The molecule has 0 bridgehead atoms. The number of benzene rings is 1. The molecule has 2 fully saturated rings. The van der Waals surface area contributed by atoms with Gasteiger partial charge in [-0.1, -0.05) is 6.42 Å². The third-order valence-electron chi connectivity index (χ3n) is 5.66. The van der Waals surface area contributed by atoms with Gasteiger partial charge in [0, 0.05) is 37.7 Å². The molecular formula is C20H25FN2O4. The lowest BCUT2D eigenvalue weighted by Gasteiger charge is -2.38. The Kier molecular flexibility index (Phi) is 5.77. The van der Waals surface area contributed by atoms with Gasteiger partial charge >= 0.3 is 5.97 Å². The van der Waals surface area contributed by atoms with Crippen LogP contribution >= 0.6 is 0 Å². The van der Waals surface area contributed by atoms with Crippen molar-refractivity contribution in [3.63, 3.8) is 0 Å². The van der Waals surface area contributed by atoms with E-state index in [4.69, 9.17) is 0 Å². The second-order valence-corrected chi connectivity index (χ2v) is 7.43. The first kappa shape index (κ1) is 19.3. The SMILES string of the molecule is CC(=O)c1ccc(N2CCN(C(=O)C3CCCC(C(=O)O)C3)CC2)c(F)c1. The molecular weight excluding hydrogens is 351 g/mol. The maximum Gasteiger partial charge on any atom is 0.306 e. The van der Waals surface area contributed by atoms with E-state index >= 15 is 0 Å². The number of nitrogens with zero attached hydrogens (tertiary/aromatic N) is 2. The molecule has 1 amide bonds. The number of carboxylic acid groups (broad SMARTS) is 1. The highest BCUT2D eigenvalue weighted by Crippen LogP contribution is 2.31. The molecule has 1 N–H and O–H groups in total. The van der Waals surface area contributed by atoms with E-state index in [2.05, 4.69) is 0 Å². The lowest BCUT2D eigenvalue weighted by atomic mass is 9.80. The van der Waals surface area contributed by atoms with Gasteiger partial charge in [0.2, 0.25) is 5.91 Å². The quantitative estimate of drug-likeness (QED) is 0.817. The maximum atomic E-state index is 14.3. The van der Waals surface area contributed by atoms with Crippen molar-refractivity contribution >= 4 is 23.3 Å². The van der Waals surface area contributed by atoms with Crippen LogP contribution < -0.4 is 4.90 Å². The molecule has 2 aliphatic rings. The fraction of sp³-hybridized carbons (Fsp3) is 0.550. The fourth-order valence-electron chi connectivity index (χ4n) is 4.05. The van der Waals surface area contributed by atoms with E-state index in [0.29, 0.717) is 50.3 Å². The van der Waals surface area contributed by atoms with E-state index in [1.807, 2.05) is 4.90 Å². The lowest BCUT2D eigenvalue weighted by Crippen LogP contribution is -2.51. The largest absolute Gasteiger partial charge is 0.481 e. The van der Waals surface area contributed by atoms with Crippen LogP contribution in [-0.2, 0) is 9.59 Å². The number of halogens is 1. The number of hydrogen-bond acceptors (Lipinski definition) is 4. The number of carbonyl (C=O) groups is 3. The first-order chi connectivity index (χ1) is 12.9. The number of Topliss-reactive ketones (excluding diaryl/α,β-unsaturated/α-hetero) is 1. The van der Waals surface area contributed by atoms with E-state index in [9.17, 15) is 23.9 Å². The molecule has 1 saturated carbocycles. The Morgan fingerprint density at radius 2 is 1.74 bits per heavy atom. The van der Waals surface area contributed by atoms with E-state index < -0.39 is 17.7 Å². The van der Waals surface area contributed by atoms with E-state index in [1.165, 1.54) is 13.0 Å². The molecule has 2 unspecified atom stereocenters. The Morgan fingerprint density at radius 1 is 1.07 bits per heavy atom. The summed E-state index contributed by atoms with van der Waals surface area (Å²) in [6.45, 7) is 3.40. The molecule has 0 spiro atoms. The van der Waals surface area contributed by atoms with Crippen molar-refractivity contribution in [2.45, 2.75) is 32.6 Å². The van der Waals surface area contributed by atoms with E-state index in [-0.39, 0.29) is 17.6 Å². The van der Waals surface area contributed by atoms with Gasteiger partial charge in [0.1, 0.15) is 5.82 Å². The Bertz CT molecular complexity index is 743. The van der Waals surface area contributed by atoms with E-state index in [0.717, 1.165) is 12.8 Å². The molecule has 1 aromatic carbocycles. The minimum absolute atomic E-state index is 0.0213. The maximum absolute atomic E-state index is 14.3. The van der Waals surface area contributed by atoms with Crippen LogP contribution in [0.15, 0.2) is 18.2 Å². The number of ketones is 1. The summed E-state index contributed by atoms with van der Waals surface area (Å²) < 4.78 is 14.3. The summed E-state index contributed by atoms with van der Waals surface area (Å²) in [6.07, 6.45) is 2.56. The van der Waals surface area contributed by atoms with Crippen LogP contribution in [0.25, 0.3) is 0 Å². The highest BCUT2D eigenvalue weighted by Gasteiger charge is 2.34. The summed E-state index contributed by atoms with van der Waals surface area (Å²) in [5.41, 5.74) is 0.783. The monoisotopic (exact) mass is 376 g/mol. The second-order valence-electron chi connectivity index (χ2n) is 7.43. The molecule has 27 heavy (non-hydrogen) atoms. The van der Waals surface area contributed by atoms with Crippen LogP contribution in [0.2, 0.25) is 0 Å². The molecule has 7 heteroatoms. The summed E-state index contributed by atoms with van der Waals surface area (Å²) in [5, 5.41) is 9.20. The number of rotatable bonds is 4. The fourth-order valence-corrected chi connectivity index (χ4v) is 4.05. The summed E-state index contributed by atoms with van der Waals surface area (Å²) in [5.74, 6) is -2.06. The first-order valence-electron chi connectivity index (χ1n) is 9.44. The van der Waals surface area contributed by atoms with Crippen molar-refractivity contribution in [2.75, 3.05) is 31.1 Å². The molecule has 0 aromatic heterocycles. The second kappa shape index (κ2) is 8.06. The number of carbonyl (C=O) groups excluding carboxylic acids is 2. The van der Waals surface area contributed by atoms with Gasteiger partial charge in [-0.05, 0) is 44.4 Å². The Labute approximate surface area is 157 Å². The van der Waals surface area contributed by atoms with Gasteiger partial charge in [0.25, 0.3) is 0 Å². The zero-order valence-corrected chi connectivity index (χ0v) is 15.5. The highest BCUT2D eigenvalue weighted by molar-refractivity contribution is 5.94. The molecule has 0 radical (unpaired) electrons. The lowest BCUT2D eigenvalue weighted by molar-refractivity contribution is -0.145. The van der Waals surface area contributed by atoms with Gasteiger partial charge in [-0.2, -0.15) is 0 Å². The average molecular weight is 376 g/mol. The zero-order chi connectivity index (χ0) is 19.6. The van der Waals surface area contributed by atoms with Gasteiger partial charge in [0.05, 0.1) is 11.6 Å². The van der Waals surface area contributed by atoms with Crippen molar-refractivity contribution in [1.29, 1.82) is 0 Å². The molecule has 1 aliphatic carbocycles. The van der Waals surface area contributed by atoms with Gasteiger partial charge in [-0.15, -0.1) is 0 Å². The third kappa shape index (κ3) is 4.28. The number of aliphatic carboxylic acids is 1. The third-order valence-corrected chi connectivity index (χ3v) is 5.66. The van der Waals surface area contributed by atoms with Crippen LogP contribution in [0.4, 0.5) is 10.1 Å². The molecule has 2 atom stereocenters. The van der Waals surface area contributed by atoms with Gasteiger partial charge in [-0.3, -0.25) is 14.4 Å². The number of hydrogen-bond donors (Lipinski definition) is 1. The van der Waals surface area contributed by atoms with Crippen molar-refractivity contribution in [3.05, 3.63) is 29.6 Å². The summed E-state index contributed by atoms with van der Waals surface area (Å²) >= 11 is 0. The molecule has 6 nitrogen and oxygen atoms in total. The zero-order valence-electron chi connectivity index (χ0n) is 15.5. The summed E-state index contributed by atoms with van der Waals surface area (Å²) in [7, 11) is 0. The molecule has 1 heterocycles. The van der Waals surface area contributed by atoms with Crippen molar-refractivity contribution in [2.24, 2.45) is 11.8 Å². The van der Waals surface area contributed by atoms with Crippen LogP contribution in [-0.4, -0.2) is 53.8 Å². The molecule has 1 aliphatic heterocycles. The predicted octanol–water partition coefficient (Wildman–Crippen LogP) is 2.57. The van der Waals surface area contributed by atoms with Crippen LogP contribution in [0.1, 0.15) is 43.0 Å². The topological polar surface area (TPSA) is 77.9 Å². The number of amides is 1. The van der Waals surface area contributed by atoms with Crippen LogP contribution in [0, 0.1) is 17.7 Å². The Hall–Kier alpha value is -2.44. The highest BCUT2D eigenvalue weighted by atomic mass is 19.1. The van der Waals surface area contributed by atoms with Crippen molar-refractivity contribution in [1.82, 2.24) is 4.90 Å². The summed E-state index contributed by atoms with van der Waals surface area (Å²) in [6, 6.07) is 4.48. The number of carboxylic acids is 1. The van der Waals surface area contributed by atoms with Gasteiger partial charge in [-0.25, -0.2) is 4.39 Å². The Morgan fingerprint density at radius 3 is 2.33 bits per heavy atom. The molecule has 3 rings (SSSR count). The molecule has 1 aromatic rings. The van der Waals surface area contributed by atoms with Crippen LogP contribution in [0.5, 0.6) is 0 Å². The first-order valence-corrected chi connectivity index (χ1v) is 9.44. The smallest absolute Gasteiger partial charge is 0.306 e. The normalized spacial score (nSPS) is 23.2. The minimum atomic E-state index is -0.818. The molecule has 1 saturated heterocycles. The van der Waals surface area contributed by atoms with Gasteiger partial charge in [0.15, 0.2) is 5.78 Å². The van der Waals surface area contributed by atoms with Crippen LogP contribution in [0.3, 0.4) is 0 Å². The van der Waals surface area contributed by atoms with Crippen molar-refractivity contribution in [3.8, 4) is 0 Å². The van der Waals surface area contributed by atoms with Crippen molar-refractivity contribution < 1.29 is 23.9 Å². The standard InChI is InChI=1S/C20H25FN2O4/c1-13(24)14-5-6-18(17(21)12-14)22-7-9-23(10-8-22)19(25)15-3-2-4-16(11-15)20(26)27/h5-6,12,15-16H,2-4,7-11H2,1H3,(H,26,27). The number of piperazine rings is 1. The molecule has 146 valence electrons. The minimum Gasteiger partial charge on any atom is -0.481 e. The average Bonchev–Trinajstić information content (AvgIpc) is 2.67.